The molecule has 1 fully saturated rings. The van der Waals surface area contributed by atoms with Crippen molar-refractivity contribution in [2.24, 2.45) is 0 Å². The number of carbonyl (C=O) groups is 1. The molecule has 88 valence electrons. The molecule has 1 heterocycles. The molecule has 1 amide bonds. The van der Waals surface area contributed by atoms with Gasteiger partial charge in [-0.25, -0.2) is 4.79 Å². The van der Waals surface area contributed by atoms with E-state index in [0.717, 1.165) is 13.0 Å². The highest BCUT2D eigenvalue weighted by molar-refractivity contribution is 9.09. The van der Waals surface area contributed by atoms with Crippen molar-refractivity contribution >= 4 is 22.0 Å². The van der Waals surface area contributed by atoms with Gasteiger partial charge in [0.05, 0.1) is 12.6 Å². The van der Waals surface area contributed by atoms with E-state index in [2.05, 4.69) is 21.2 Å². The Morgan fingerprint density at radius 2 is 2.20 bits per heavy atom. The summed E-state index contributed by atoms with van der Waals surface area (Å²) in [6.07, 6.45) is 0.517. The predicted molar refractivity (Wildman–Crippen MR) is 61.3 cm³/mol. The third kappa shape index (κ3) is 4.84. The van der Waals surface area contributed by atoms with E-state index in [1.165, 1.54) is 0 Å². The highest BCUT2D eigenvalue weighted by Crippen LogP contribution is 2.16. The fourth-order valence-electron chi connectivity index (χ4n) is 1.30. The van der Waals surface area contributed by atoms with Crippen molar-refractivity contribution in [3.63, 3.8) is 0 Å². The molecule has 0 aromatic rings. The first kappa shape index (κ1) is 12.8. The van der Waals surface area contributed by atoms with Crippen LogP contribution in [0.2, 0.25) is 0 Å². The van der Waals surface area contributed by atoms with Crippen molar-refractivity contribution in [1.29, 1.82) is 0 Å². The molecule has 0 unspecified atom stereocenters. The maximum absolute atomic E-state index is 11.5. The molecule has 1 aliphatic rings. The first-order valence-electron chi connectivity index (χ1n) is 5.10. The Hall–Kier alpha value is -0.290. The molecule has 0 aromatic carbocycles. The molecule has 1 rings (SSSR count). The van der Waals surface area contributed by atoms with Gasteiger partial charge in [0.25, 0.3) is 0 Å². The lowest BCUT2D eigenvalue weighted by atomic mass is 10.1. The van der Waals surface area contributed by atoms with Gasteiger partial charge in [-0.3, -0.25) is 0 Å². The van der Waals surface area contributed by atoms with Crippen LogP contribution in [0.5, 0.6) is 0 Å². The Morgan fingerprint density at radius 1 is 1.53 bits per heavy atom. The molecule has 0 radical (unpaired) electrons. The normalized spacial score (nSPS) is 27.2. The molecule has 0 spiro atoms. The number of halogens is 1. The van der Waals surface area contributed by atoms with Crippen LogP contribution in [0.3, 0.4) is 0 Å². The molecule has 5 heteroatoms. The van der Waals surface area contributed by atoms with Gasteiger partial charge in [0.1, 0.15) is 5.60 Å². The summed E-state index contributed by atoms with van der Waals surface area (Å²) >= 11 is 3.51. The minimum Gasteiger partial charge on any atom is -0.444 e. The minimum atomic E-state index is -0.457. The van der Waals surface area contributed by atoms with Crippen LogP contribution in [-0.4, -0.2) is 35.8 Å². The van der Waals surface area contributed by atoms with Crippen LogP contribution in [-0.2, 0) is 9.47 Å². The van der Waals surface area contributed by atoms with Gasteiger partial charge in [-0.15, -0.1) is 0 Å². The van der Waals surface area contributed by atoms with Crippen LogP contribution in [0.25, 0.3) is 0 Å². The zero-order valence-electron chi connectivity index (χ0n) is 9.38. The zero-order chi connectivity index (χ0) is 11.5. The maximum Gasteiger partial charge on any atom is 0.407 e. The van der Waals surface area contributed by atoms with Crippen molar-refractivity contribution < 1.29 is 14.3 Å². The van der Waals surface area contributed by atoms with Crippen molar-refractivity contribution in [2.45, 2.75) is 43.7 Å². The smallest absolute Gasteiger partial charge is 0.407 e. The van der Waals surface area contributed by atoms with Gasteiger partial charge in [-0.2, -0.15) is 0 Å². The van der Waals surface area contributed by atoms with E-state index in [1.54, 1.807) is 0 Å². The van der Waals surface area contributed by atoms with E-state index in [-0.39, 0.29) is 17.0 Å². The second kappa shape index (κ2) is 5.16. The quantitative estimate of drug-likeness (QED) is 0.748. The maximum atomic E-state index is 11.5. The summed E-state index contributed by atoms with van der Waals surface area (Å²) in [6, 6.07) is -0.00593. The summed E-state index contributed by atoms with van der Waals surface area (Å²) in [5.74, 6) is 0. The lowest BCUT2D eigenvalue weighted by Gasteiger charge is -2.29. The molecular weight excluding hydrogens is 262 g/mol. The van der Waals surface area contributed by atoms with E-state index < -0.39 is 5.60 Å². The van der Waals surface area contributed by atoms with Crippen molar-refractivity contribution in [3.05, 3.63) is 0 Å². The number of nitrogens with one attached hydrogen (secondary N) is 1. The van der Waals surface area contributed by atoms with E-state index in [4.69, 9.17) is 9.47 Å². The Morgan fingerprint density at radius 3 is 2.73 bits per heavy atom. The number of hydrogen-bond donors (Lipinski definition) is 1. The first-order chi connectivity index (χ1) is 6.88. The zero-order valence-corrected chi connectivity index (χ0v) is 11.0. The molecule has 0 aliphatic carbocycles. The van der Waals surface area contributed by atoms with Gasteiger partial charge in [-0.1, -0.05) is 15.9 Å². The second-order valence-electron chi connectivity index (χ2n) is 4.63. The van der Waals surface area contributed by atoms with Gasteiger partial charge >= 0.3 is 6.09 Å². The molecular formula is C10H18BrNO3. The van der Waals surface area contributed by atoms with Crippen molar-refractivity contribution in [3.8, 4) is 0 Å². The van der Waals surface area contributed by atoms with Crippen LogP contribution in [0.4, 0.5) is 4.79 Å². The number of carbonyl (C=O) groups excluding carboxylic acids is 1. The molecule has 4 nitrogen and oxygen atoms in total. The molecule has 0 aromatic heterocycles. The number of alkyl carbamates (subject to hydrolysis) is 1. The molecule has 1 saturated heterocycles. The molecule has 2 atom stereocenters. The molecule has 1 N–H and O–H groups in total. The monoisotopic (exact) mass is 279 g/mol. The van der Waals surface area contributed by atoms with Crippen LogP contribution in [0, 0.1) is 0 Å². The first-order valence-corrected chi connectivity index (χ1v) is 6.01. The Labute approximate surface area is 98.8 Å². The molecule has 0 saturated carbocycles. The van der Waals surface area contributed by atoms with Gasteiger partial charge in [0.15, 0.2) is 0 Å². The van der Waals surface area contributed by atoms with Crippen LogP contribution < -0.4 is 5.32 Å². The van der Waals surface area contributed by atoms with E-state index in [0.29, 0.717) is 6.61 Å². The lowest BCUT2D eigenvalue weighted by molar-refractivity contribution is 0.0365. The van der Waals surface area contributed by atoms with Gasteiger partial charge in [0, 0.05) is 11.4 Å². The SMILES string of the molecule is CC(C)(C)OC(=O)N[C@@H]1COCC[C@H]1Br. The lowest BCUT2D eigenvalue weighted by Crippen LogP contribution is -2.48. The fourth-order valence-corrected chi connectivity index (χ4v) is 1.77. The largest absolute Gasteiger partial charge is 0.444 e. The Bertz CT molecular complexity index is 227. The van der Waals surface area contributed by atoms with Crippen molar-refractivity contribution in [1.82, 2.24) is 5.32 Å². The van der Waals surface area contributed by atoms with E-state index >= 15 is 0 Å². The average molecular weight is 280 g/mol. The number of alkyl halides is 1. The van der Waals surface area contributed by atoms with Crippen LogP contribution in [0.1, 0.15) is 27.2 Å². The molecule has 15 heavy (non-hydrogen) atoms. The summed E-state index contributed by atoms with van der Waals surface area (Å²) in [5.41, 5.74) is -0.457. The summed E-state index contributed by atoms with van der Waals surface area (Å²) in [7, 11) is 0. The third-order valence-electron chi connectivity index (χ3n) is 1.97. The number of amides is 1. The molecule has 0 bridgehead atoms. The topological polar surface area (TPSA) is 47.6 Å². The Balaban J connectivity index is 2.36. The number of ether oxygens (including phenoxy) is 2. The van der Waals surface area contributed by atoms with Gasteiger partial charge < -0.3 is 14.8 Å². The second-order valence-corrected chi connectivity index (χ2v) is 5.81. The van der Waals surface area contributed by atoms with Gasteiger partial charge in [0.2, 0.25) is 0 Å². The van der Waals surface area contributed by atoms with Crippen molar-refractivity contribution in [2.75, 3.05) is 13.2 Å². The highest BCUT2D eigenvalue weighted by atomic mass is 79.9. The van der Waals surface area contributed by atoms with Crippen LogP contribution >= 0.6 is 15.9 Å². The van der Waals surface area contributed by atoms with Crippen LogP contribution in [0.15, 0.2) is 0 Å². The molecule has 1 aliphatic heterocycles. The third-order valence-corrected chi connectivity index (χ3v) is 3.07. The summed E-state index contributed by atoms with van der Waals surface area (Å²) in [4.78, 5) is 11.7. The average Bonchev–Trinajstić information content (AvgIpc) is 2.05. The summed E-state index contributed by atoms with van der Waals surface area (Å²) in [6.45, 7) is 6.80. The minimum absolute atomic E-state index is 0.00593. The van der Waals surface area contributed by atoms with Gasteiger partial charge in [-0.05, 0) is 27.2 Å². The fraction of sp³-hybridized carbons (Fsp3) is 0.900. The summed E-state index contributed by atoms with van der Waals surface area (Å²) in [5, 5.41) is 2.79. The number of hydrogen-bond acceptors (Lipinski definition) is 3. The predicted octanol–water partition coefficient (Wildman–Crippen LogP) is 2.06. The Kier molecular flexibility index (Phi) is 4.40. The van der Waals surface area contributed by atoms with E-state index in [1.807, 2.05) is 20.8 Å². The number of rotatable bonds is 1. The van der Waals surface area contributed by atoms with E-state index in [9.17, 15) is 4.79 Å². The highest BCUT2D eigenvalue weighted by Gasteiger charge is 2.26. The standard InChI is InChI=1S/C10H18BrNO3/c1-10(2,3)15-9(13)12-8-6-14-5-4-7(8)11/h7-8H,4-6H2,1-3H3,(H,12,13)/t7-,8-/m1/s1. The summed E-state index contributed by atoms with van der Waals surface area (Å²) < 4.78 is 10.4.